The highest BCUT2D eigenvalue weighted by atomic mass is 35.5. The van der Waals surface area contributed by atoms with E-state index in [1.165, 1.54) is 5.56 Å². The first kappa shape index (κ1) is 17.2. The highest BCUT2D eigenvalue weighted by molar-refractivity contribution is 6.33. The first-order valence-corrected chi connectivity index (χ1v) is 8.66. The van der Waals surface area contributed by atoms with Crippen LogP contribution in [0.15, 0.2) is 66.9 Å². The molecule has 0 aliphatic heterocycles. The second kappa shape index (κ2) is 7.99. The SMILES string of the molecule is CC(C)N(Cc1ccccc1)c1ccnc(Nc2ccccc2Cl)n1. The van der Waals surface area contributed by atoms with Crippen molar-refractivity contribution in [2.24, 2.45) is 0 Å². The highest BCUT2D eigenvalue weighted by Gasteiger charge is 2.14. The monoisotopic (exact) mass is 352 g/mol. The minimum atomic E-state index is 0.309. The fraction of sp³-hybridized carbons (Fsp3) is 0.200. The van der Waals surface area contributed by atoms with E-state index in [4.69, 9.17) is 11.6 Å². The molecule has 128 valence electrons. The second-order valence-corrected chi connectivity index (χ2v) is 6.46. The average molecular weight is 353 g/mol. The number of hydrogen-bond donors (Lipinski definition) is 1. The van der Waals surface area contributed by atoms with E-state index in [1.807, 2.05) is 36.4 Å². The molecule has 3 rings (SSSR count). The summed E-state index contributed by atoms with van der Waals surface area (Å²) >= 11 is 6.21. The van der Waals surface area contributed by atoms with Crippen molar-refractivity contribution in [3.05, 3.63) is 77.4 Å². The number of anilines is 3. The maximum absolute atomic E-state index is 6.21. The van der Waals surface area contributed by atoms with Crippen molar-refractivity contribution in [3.63, 3.8) is 0 Å². The molecule has 0 amide bonds. The summed E-state index contributed by atoms with van der Waals surface area (Å²) in [4.78, 5) is 11.2. The van der Waals surface area contributed by atoms with Crippen LogP contribution in [-0.2, 0) is 6.54 Å². The van der Waals surface area contributed by atoms with Gasteiger partial charge in [-0.15, -0.1) is 0 Å². The molecule has 1 heterocycles. The normalized spacial score (nSPS) is 10.7. The molecule has 0 unspecified atom stereocenters. The van der Waals surface area contributed by atoms with Crippen LogP contribution in [0, 0.1) is 0 Å². The van der Waals surface area contributed by atoms with Crippen LogP contribution < -0.4 is 10.2 Å². The zero-order valence-corrected chi connectivity index (χ0v) is 15.1. The van der Waals surface area contributed by atoms with Gasteiger partial charge in [0.25, 0.3) is 0 Å². The summed E-state index contributed by atoms with van der Waals surface area (Å²) in [6, 6.07) is 20.2. The number of para-hydroxylation sites is 1. The van der Waals surface area contributed by atoms with Gasteiger partial charge in [0.15, 0.2) is 0 Å². The zero-order valence-electron chi connectivity index (χ0n) is 14.4. The highest BCUT2D eigenvalue weighted by Crippen LogP contribution is 2.25. The maximum Gasteiger partial charge on any atom is 0.229 e. The number of hydrogen-bond acceptors (Lipinski definition) is 4. The van der Waals surface area contributed by atoms with Crippen LogP contribution in [0.5, 0.6) is 0 Å². The van der Waals surface area contributed by atoms with Gasteiger partial charge in [0, 0.05) is 18.8 Å². The second-order valence-electron chi connectivity index (χ2n) is 6.05. The van der Waals surface area contributed by atoms with E-state index in [0.29, 0.717) is 17.0 Å². The molecule has 5 heteroatoms. The van der Waals surface area contributed by atoms with Crippen molar-refractivity contribution in [1.82, 2.24) is 9.97 Å². The van der Waals surface area contributed by atoms with Gasteiger partial charge in [-0.2, -0.15) is 4.98 Å². The first-order chi connectivity index (χ1) is 12.1. The summed E-state index contributed by atoms with van der Waals surface area (Å²) in [6.07, 6.45) is 1.77. The summed E-state index contributed by atoms with van der Waals surface area (Å²) < 4.78 is 0. The number of nitrogens with one attached hydrogen (secondary N) is 1. The lowest BCUT2D eigenvalue weighted by molar-refractivity contribution is 0.672. The molecule has 0 aliphatic carbocycles. The molecule has 0 bridgehead atoms. The van der Waals surface area contributed by atoms with Gasteiger partial charge in [0.05, 0.1) is 10.7 Å². The molecule has 0 saturated carbocycles. The Kier molecular flexibility index (Phi) is 5.51. The standard InChI is InChI=1S/C20H21ClN4/c1-15(2)25(14-16-8-4-3-5-9-16)19-12-13-22-20(24-19)23-18-11-7-6-10-17(18)21/h3-13,15H,14H2,1-2H3,(H,22,23,24). The predicted molar refractivity (Wildman–Crippen MR) is 105 cm³/mol. The molecule has 25 heavy (non-hydrogen) atoms. The number of nitrogens with zero attached hydrogens (tertiary/aromatic N) is 3. The van der Waals surface area contributed by atoms with Crippen LogP contribution in [0.2, 0.25) is 5.02 Å². The number of halogens is 1. The Morgan fingerprint density at radius 1 is 1.00 bits per heavy atom. The predicted octanol–water partition coefficient (Wildman–Crippen LogP) is 5.29. The van der Waals surface area contributed by atoms with Gasteiger partial charge in [0.1, 0.15) is 5.82 Å². The topological polar surface area (TPSA) is 41.1 Å². The third-order valence-electron chi connectivity index (χ3n) is 3.87. The van der Waals surface area contributed by atoms with Crippen molar-refractivity contribution < 1.29 is 0 Å². The van der Waals surface area contributed by atoms with E-state index in [2.05, 4.69) is 58.3 Å². The van der Waals surface area contributed by atoms with E-state index >= 15 is 0 Å². The molecule has 0 saturated heterocycles. The van der Waals surface area contributed by atoms with E-state index in [1.54, 1.807) is 6.20 Å². The Morgan fingerprint density at radius 2 is 1.72 bits per heavy atom. The van der Waals surface area contributed by atoms with E-state index in [-0.39, 0.29) is 0 Å². The van der Waals surface area contributed by atoms with Crippen LogP contribution in [0.1, 0.15) is 19.4 Å². The third-order valence-corrected chi connectivity index (χ3v) is 4.20. The van der Waals surface area contributed by atoms with Crippen LogP contribution in [0.25, 0.3) is 0 Å². The van der Waals surface area contributed by atoms with Crippen molar-refractivity contribution in [2.75, 3.05) is 10.2 Å². The van der Waals surface area contributed by atoms with Gasteiger partial charge >= 0.3 is 0 Å². The van der Waals surface area contributed by atoms with Gasteiger partial charge in [0.2, 0.25) is 5.95 Å². The average Bonchev–Trinajstić information content (AvgIpc) is 2.62. The maximum atomic E-state index is 6.21. The molecule has 4 nitrogen and oxygen atoms in total. The Labute approximate surface area is 153 Å². The van der Waals surface area contributed by atoms with Crippen LogP contribution in [0.4, 0.5) is 17.5 Å². The fourth-order valence-electron chi connectivity index (χ4n) is 2.56. The summed E-state index contributed by atoms with van der Waals surface area (Å²) in [6.45, 7) is 5.11. The summed E-state index contributed by atoms with van der Waals surface area (Å²) in [7, 11) is 0. The lowest BCUT2D eigenvalue weighted by Crippen LogP contribution is -2.31. The lowest BCUT2D eigenvalue weighted by Gasteiger charge is -2.28. The van der Waals surface area contributed by atoms with E-state index in [0.717, 1.165) is 18.1 Å². The minimum absolute atomic E-state index is 0.309. The van der Waals surface area contributed by atoms with Gasteiger partial charge in [-0.25, -0.2) is 4.98 Å². The van der Waals surface area contributed by atoms with E-state index in [9.17, 15) is 0 Å². The Balaban J connectivity index is 1.84. The van der Waals surface area contributed by atoms with Crippen LogP contribution in [-0.4, -0.2) is 16.0 Å². The van der Waals surface area contributed by atoms with Crippen molar-refractivity contribution in [3.8, 4) is 0 Å². The fourth-order valence-corrected chi connectivity index (χ4v) is 2.74. The Morgan fingerprint density at radius 3 is 2.44 bits per heavy atom. The molecule has 0 aliphatic rings. The molecule has 0 radical (unpaired) electrons. The lowest BCUT2D eigenvalue weighted by atomic mass is 10.2. The number of benzene rings is 2. The van der Waals surface area contributed by atoms with Gasteiger partial charge in [-0.05, 0) is 37.6 Å². The zero-order chi connectivity index (χ0) is 17.6. The molecular weight excluding hydrogens is 332 g/mol. The molecule has 0 atom stereocenters. The smallest absolute Gasteiger partial charge is 0.229 e. The first-order valence-electron chi connectivity index (χ1n) is 8.28. The van der Waals surface area contributed by atoms with Gasteiger partial charge in [-0.1, -0.05) is 54.1 Å². The third kappa shape index (κ3) is 4.48. The molecule has 2 aromatic carbocycles. The van der Waals surface area contributed by atoms with E-state index < -0.39 is 0 Å². The van der Waals surface area contributed by atoms with Gasteiger partial charge < -0.3 is 10.2 Å². The van der Waals surface area contributed by atoms with Crippen LogP contribution in [0.3, 0.4) is 0 Å². The van der Waals surface area contributed by atoms with Crippen molar-refractivity contribution >= 4 is 29.1 Å². The molecule has 1 aromatic heterocycles. The summed E-state index contributed by atoms with van der Waals surface area (Å²) in [5.41, 5.74) is 2.04. The quantitative estimate of drug-likeness (QED) is 0.654. The molecule has 1 N–H and O–H groups in total. The minimum Gasteiger partial charge on any atom is -0.350 e. The number of aromatic nitrogens is 2. The largest absolute Gasteiger partial charge is 0.350 e. The summed E-state index contributed by atoms with van der Waals surface area (Å²) in [5.74, 6) is 1.41. The Hall–Kier alpha value is -2.59. The Bertz CT molecular complexity index is 821. The van der Waals surface area contributed by atoms with Crippen molar-refractivity contribution in [1.29, 1.82) is 0 Å². The summed E-state index contributed by atoms with van der Waals surface area (Å²) in [5, 5.41) is 3.83. The van der Waals surface area contributed by atoms with Crippen molar-refractivity contribution in [2.45, 2.75) is 26.4 Å². The van der Waals surface area contributed by atoms with Gasteiger partial charge in [-0.3, -0.25) is 0 Å². The number of rotatable bonds is 6. The molecule has 0 spiro atoms. The molecular formula is C20H21ClN4. The molecule has 0 fully saturated rings. The molecule has 3 aromatic rings. The van der Waals surface area contributed by atoms with Crippen LogP contribution >= 0.6 is 11.6 Å².